The number of nitrogens with zero attached hydrogens (tertiary/aromatic N) is 8. The minimum absolute atomic E-state index is 0.0453. The van der Waals surface area contributed by atoms with Gasteiger partial charge in [0.15, 0.2) is 12.4 Å². The summed E-state index contributed by atoms with van der Waals surface area (Å²) in [5, 5.41) is 32.9. The molecular weight excluding hydrogens is 823 g/mol. The summed E-state index contributed by atoms with van der Waals surface area (Å²) < 4.78 is 16.3. The van der Waals surface area contributed by atoms with Crippen LogP contribution >= 0.6 is 15.9 Å². The molecular formula is C44H54BBrN10O4. The molecule has 5 aliphatic rings. The summed E-state index contributed by atoms with van der Waals surface area (Å²) in [7, 11) is 3.47. The quantitative estimate of drug-likeness (QED) is 0.187. The Labute approximate surface area is 361 Å². The van der Waals surface area contributed by atoms with E-state index in [0.717, 1.165) is 70.7 Å². The highest BCUT2D eigenvalue weighted by Gasteiger charge is 2.52. The normalized spacial score (nSPS) is 25.1. The summed E-state index contributed by atoms with van der Waals surface area (Å²) in [4.78, 5) is 28.7. The molecule has 16 heteroatoms. The van der Waals surface area contributed by atoms with Gasteiger partial charge in [-0.3, -0.25) is 19.0 Å². The molecule has 0 saturated carbocycles. The van der Waals surface area contributed by atoms with Crippen molar-refractivity contribution >= 4 is 40.3 Å². The molecule has 2 N–H and O–H groups in total. The minimum Gasteiger partial charge on any atom is -0.399 e. The third-order valence-corrected chi connectivity index (χ3v) is 14.0. The highest BCUT2D eigenvalue weighted by molar-refractivity contribution is 9.10. The van der Waals surface area contributed by atoms with Gasteiger partial charge in [-0.15, -0.1) is 0 Å². The lowest BCUT2D eigenvalue weighted by molar-refractivity contribution is 0.00578. The first kappa shape index (κ1) is 43.0. The SMILES string of the molecule is Cc1cc(C(=O)N[C@@H]2C[C@@H]3CC[C@H]2N3C#N)ccc1-c1cnn(C)c1.Cc1cc(C(=O)N[C@@H]2C[C@@H]3CC[C@H]2N3C#N)ccc1Br.Cn1cc(B2OC(C)(C)C(C)(C)O2)cn1. The molecule has 60 heavy (non-hydrogen) atoms. The molecule has 14 nitrogen and oxygen atoms in total. The molecule has 4 bridgehead atoms. The van der Waals surface area contributed by atoms with Gasteiger partial charge in [-0.25, -0.2) is 0 Å². The zero-order valence-corrected chi connectivity index (χ0v) is 37.2. The Hall–Kier alpha value is -5.16. The van der Waals surface area contributed by atoms with Gasteiger partial charge in [0.1, 0.15) is 0 Å². The Morgan fingerprint density at radius 1 is 0.767 bits per heavy atom. The average molecular weight is 878 g/mol. The van der Waals surface area contributed by atoms with Crippen molar-refractivity contribution in [3.63, 3.8) is 0 Å². The zero-order chi connectivity index (χ0) is 43.1. The summed E-state index contributed by atoms with van der Waals surface area (Å²) in [5.74, 6) is -0.104. The maximum atomic E-state index is 12.6. The van der Waals surface area contributed by atoms with Crippen LogP contribution in [0.25, 0.3) is 11.1 Å². The second-order valence-corrected chi connectivity index (χ2v) is 18.5. The van der Waals surface area contributed by atoms with Crippen molar-refractivity contribution in [1.82, 2.24) is 40.0 Å². The average Bonchev–Trinajstić information content (AvgIpc) is 4.08. The van der Waals surface area contributed by atoms with Gasteiger partial charge in [-0.05, 0) is 127 Å². The fraction of sp³-hybridized carbons (Fsp3) is 0.500. The number of nitrogens with one attached hydrogen (secondary N) is 2. The number of rotatable bonds is 6. The van der Waals surface area contributed by atoms with Crippen molar-refractivity contribution in [2.75, 3.05) is 0 Å². The van der Waals surface area contributed by atoms with E-state index in [1.54, 1.807) is 15.6 Å². The number of nitriles is 2. The van der Waals surface area contributed by atoms with Crippen molar-refractivity contribution in [2.45, 2.75) is 128 Å². The van der Waals surface area contributed by atoms with E-state index >= 15 is 0 Å². The van der Waals surface area contributed by atoms with E-state index in [1.165, 1.54) is 0 Å². The molecule has 5 fully saturated rings. The van der Waals surface area contributed by atoms with Crippen molar-refractivity contribution in [2.24, 2.45) is 14.1 Å². The predicted octanol–water partition coefficient (Wildman–Crippen LogP) is 5.50. The molecule has 9 rings (SSSR count). The number of hydrogen-bond donors (Lipinski definition) is 2. The van der Waals surface area contributed by atoms with Gasteiger partial charge in [-0.1, -0.05) is 22.0 Å². The molecule has 314 valence electrons. The van der Waals surface area contributed by atoms with Crippen LogP contribution in [0.4, 0.5) is 0 Å². The number of carbonyl (C=O) groups excluding carboxylic acids is 2. The van der Waals surface area contributed by atoms with Crippen molar-refractivity contribution in [3.05, 3.63) is 87.9 Å². The largest absolute Gasteiger partial charge is 0.498 e. The number of hydrogen-bond acceptors (Lipinski definition) is 10. The van der Waals surface area contributed by atoms with Crippen LogP contribution in [0.2, 0.25) is 0 Å². The maximum absolute atomic E-state index is 12.6. The highest BCUT2D eigenvalue weighted by Crippen LogP contribution is 2.39. The van der Waals surface area contributed by atoms with Crippen LogP contribution in [-0.4, -0.2) is 95.7 Å². The Bertz CT molecular complexity index is 2310. The van der Waals surface area contributed by atoms with E-state index in [0.29, 0.717) is 23.2 Å². The third-order valence-electron chi connectivity index (χ3n) is 13.1. The Balaban J connectivity index is 0.000000141. The molecule has 0 unspecified atom stereocenters. The van der Waals surface area contributed by atoms with Crippen LogP contribution in [0, 0.1) is 36.8 Å². The van der Waals surface area contributed by atoms with Crippen LogP contribution < -0.4 is 16.1 Å². The van der Waals surface area contributed by atoms with Gasteiger partial charge in [0.2, 0.25) is 0 Å². The summed E-state index contributed by atoms with van der Waals surface area (Å²) in [6, 6.07) is 12.5. The summed E-state index contributed by atoms with van der Waals surface area (Å²) in [6.07, 6.45) is 17.9. The number of carbonyl (C=O) groups is 2. The van der Waals surface area contributed by atoms with E-state index in [1.807, 2.05) is 120 Å². The minimum atomic E-state index is -0.302. The van der Waals surface area contributed by atoms with E-state index in [9.17, 15) is 14.9 Å². The van der Waals surface area contributed by atoms with Gasteiger partial charge >= 0.3 is 7.12 Å². The lowest BCUT2D eigenvalue weighted by atomic mass is 9.82. The van der Waals surface area contributed by atoms with Crippen LogP contribution in [0.5, 0.6) is 0 Å². The highest BCUT2D eigenvalue weighted by atomic mass is 79.9. The molecule has 5 aliphatic heterocycles. The van der Waals surface area contributed by atoms with E-state index in [2.05, 4.69) is 49.1 Å². The lowest BCUT2D eigenvalue weighted by Gasteiger charge is -2.32. The number of fused-ring (bicyclic) bond motifs is 4. The van der Waals surface area contributed by atoms with E-state index < -0.39 is 0 Å². The second-order valence-electron chi connectivity index (χ2n) is 17.7. The van der Waals surface area contributed by atoms with Crippen LogP contribution in [0.1, 0.15) is 98.1 Å². The zero-order valence-electron chi connectivity index (χ0n) is 35.6. The van der Waals surface area contributed by atoms with Crippen molar-refractivity contribution < 1.29 is 18.9 Å². The standard InChI is InChI=1S/C19H21N5O.C15H16BrN3O.C10H17BN2O2/c1-12-7-13(3-5-16(12)14-9-21-23(2)10-14)19(25)22-17-8-15-4-6-18(17)24(15)11-20;1-9-6-10(2-4-12(9)16)15(20)18-13-7-11-3-5-14(13)19(11)8-17;1-9(2)10(3,4)15-11(14-9)8-6-12-13(5)7-8/h3,5,7,9-10,15,17-18H,4,6,8H2,1-2H3,(H,22,25);2,4,6,11,13-14H,3,5,7H2,1H3,(H,18,20);6-7H,1-5H3/t15-,17+,18+;11-,13+,14+;/m00./s1. The van der Waals surface area contributed by atoms with Gasteiger partial charge < -0.3 is 29.7 Å². The summed E-state index contributed by atoms with van der Waals surface area (Å²) in [6.45, 7) is 12.2. The van der Waals surface area contributed by atoms with Crippen molar-refractivity contribution in [1.29, 1.82) is 10.5 Å². The number of amides is 2. The first-order valence-electron chi connectivity index (χ1n) is 20.7. The molecule has 0 aliphatic carbocycles. The molecule has 6 atom stereocenters. The molecule has 5 saturated heterocycles. The molecule has 0 radical (unpaired) electrons. The van der Waals surface area contributed by atoms with Crippen LogP contribution in [0.15, 0.2) is 65.7 Å². The second kappa shape index (κ2) is 17.1. The molecule has 4 aromatic rings. The fourth-order valence-corrected chi connectivity index (χ4v) is 9.37. The van der Waals surface area contributed by atoms with Gasteiger partial charge in [0.25, 0.3) is 11.8 Å². The first-order valence-corrected chi connectivity index (χ1v) is 21.5. The summed E-state index contributed by atoms with van der Waals surface area (Å²) in [5.41, 5.74) is 5.96. The molecule has 2 amide bonds. The van der Waals surface area contributed by atoms with Crippen LogP contribution in [0.3, 0.4) is 0 Å². The first-order chi connectivity index (χ1) is 28.5. The van der Waals surface area contributed by atoms with E-state index in [4.69, 9.17) is 14.6 Å². The molecule has 2 aromatic carbocycles. The number of aryl methyl sites for hydroxylation is 4. The number of halogens is 1. The van der Waals surface area contributed by atoms with Crippen molar-refractivity contribution in [3.8, 4) is 23.5 Å². The summed E-state index contributed by atoms with van der Waals surface area (Å²) >= 11 is 3.44. The smallest absolute Gasteiger partial charge is 0.399 e. The van der Waals surface area contributed by atoms with Gasteiger partial charge in [0, 0.05) is 71.4 Å². The van der Waals surface area contributed by atoms with E-state index in [-0.39, 0.29) is 54.3 Å². The predicted molar refractivity (Wildman–Crippen MR) is 231 cm³/mol. The van der Waals surface area contributed by atoms with Gasteiger partial charge in [-0.2, -0.15) is 20.7 Å². The Kier molecular flexibility index (Phi) is 12.2. The lowest BCUT2D eigenvalue weighted by Crippen LogP contribution is -2.43. The Morgan fingerprint density at radius 3 is 1.70 bits per heavy atom. The number of benzene rings is 2. The van der Waals surface area contributed by atoms with Crippen LogP contribution in [-0.2, 0) is 23.4 Å². The fourth-order valence-electron chi connectivity index (χ4n) is 9.12. The molecule has 2 aromatic heterocycles. The molecule has 0 spiro atoms. The monoisotopic (exact) mass is 876 g/mol. The Morgan fingerprint density at radius 2 is 1.27 bits per heavy atom. The van der Waals surface area contributed by atoms with Gasteiger partial charge in [0.05, 0.1) is 41.6 Å². The topological polar surface area (TPSA) is 166 Å². The molecule has 7 heterocycles. The number of aromatic nitrogens is 4. The maximum Gasteiger partial charge on any atom is 0.498 e. The third kappa shape index (κ3) is 8.69.